The largest absolute Gasteiger partial charge is 0.494 e. The second kappa shape index (κ2) is 8.84. The molecular weight excluding hydrogens is 382 g/mol. The Balaban J connectivity index is 2.00. The summed E-state index contributed by atoms with van der Waals surface area (Å²) in [7, 11) is 1.46. The second-order valence-electron chi connectivity index (χ2n) is 6.46. The van der Waals surface area contributed by atoms with Crippen LogP contribution in [-0.2, 0) is 0 Å². The summed E-state index contributed by atoms with van der Waals surface area (Å²) in [6, 6.07) is 16.1. The Morgan fingerprint density at radius 2 is 1.90 bits per heavy atom. The third-order valence-corrected chi connectivity index (χ3v) is 4.43. The predicted octanol–water partition coefficient (Wildman–Crippen LogP) is 2.49. The molecule has 8 heteroatoms. The number of aryl methyl sites for hydroxylation is 1. The predicted molar refractivity (Wildman–Crippen MR) is 112 cm³/mol. The number of hydrazone groups is 1. The lowest BCUT2D eigenvalue weighted by Crippen LogP contribution is -2.31. The van der Waals surface area contributed by atoms with Gasteiger partial charge in [0.1, 0.15) is 23.1 Å². The Kier molecular flexibility index (Phi) is 6.03. The maximum atomic E-state index is 12.8. The van der Waals surface area contributed by atoms with E-state index in [2.05, 4.69) is 15.6 Å². The molecule has 1 aromatic heterocycles. The number of rotatable bonds is 5. The van der Waals surface area contributed by atoms with E-state index in [0.717, 1.165) is 15.8 Å². The van der Waals surface area contributed by atoms with E-state index in [1.54, 1.807) is 24.3 Å². The van der Waals surface area contributed by atoms with Crippen molar-refractivity contribution in [2.75, 3.05) is 7.11 Å². The molecule has 1 heterocycles. The zero-order valence-electron chi connectivity index (χ0n) is 16.7. The number of ether oxygens (including phenoxy) is 1. The first-order valence-corrected chi connectivity index (χ1v) is 9.03. The molecule has 0 aliphatic heterocycles. The number of nitrogens with zero attached hydrogens (tertiary/aromatic N) is 4. The number of methoxy groups -OCH3 is 1. The van der Waals surface area contributed by atoms with Crippen molar-refractivity contribution >= 4 is 12.1 Å². The number of hydrogen-bond donors (Lipinski definition) is 1. The van der Waals surface area contributed by atoms with Gasteiger partial charge in [-0.05, 0) is 31.5 Å². The molecule has 150 valence electrons. The molecule has 0 saturated heterocycles. The van der Waals surface area contributed by atoms with Crippen LogP contribution in [0.3, 0.4) is 0 Å². The van der Waals surface area contributed by atoms with Crippen LogP contribution < -0.4 is 15.7 Å². The molecule has 0 aliphatic carbocycles. The highest BCUT2D eigenvalue weighted by atomic mass is 16.5. The average Bonchev–Trinajstić information content (AvgIpc) is 2.75. The van der Waals surface area contributed by atoms with Crippen LogP contribution in [0.1, 0.15) is 32.7 Å². The van der Waals surface area contributed by atoms with Gasteiger partial charge in [-0.15, -0.1) is 0 Å². The minimum absolute atomic E-state index is 0.0851. The van der Waals surface area contributed by atoms with E-state index in [0.29, 0.717) is 11.4 Å². The summed E-state index contributed by atoms with van der Waals surface area (Å²) in [5.74, 6) is -0.264. The SMILES string of the molecule is COc1ccccc1-n1nc(C(=O)N/N=C/c2ccc(C)cc2)c(C)c(C#N)c1=O. The molecule has 0 unspecified atom stereocenters. The Labute approximate surface area is 173 Å². The van der Waals surface area contributed by atoms with Crippen LogP contribution in [0.5, 0.6) is 5.75 Å². The van der Waals surface area contributed by atoms with Gasteiger partial charge in [-0.2, -0.15) is 20.1 Å². The number of carbonyl (C=O) groups excluding carboxylic acids is 1. The van der Waals surface area contributed by atoms with Crippen molar-refractivity contribution in [2.24, 2.45) is 5.10 Å². The van der Waals surface area contributed by atoms with Crippen LogP contribution in [0, 0.1) is 25.2 Å². The van der Waals surface area contributed by atoms with Crippen molar-refractivity contribution in [2.45, 2.75) is 13.8 Å². The quantitative estimate of drug-likeness (QED) is 0.522. The Morgan fingerprint density at radius 3 is 2.57 bits per heavy atom. The highest BCUT2D eigenvalue weighted by Crippen LogP contribution is 2.21. The first kappa shape index (κ1) is 20.5. The second-order valence-corrected chi connectivity index (χ2v) is 6.46. The zero-order chi connectivity index (χ0) is 21.7. The minimum atomic E-state index is -0.643. The molecule has 0 radical (unpaired) electrons. The summed E-state index contributed by atoms with van der Waals surface area (Å²) in [6.07, 6.45) is 1.49. The zero-order valence-corrected chi connectivity index (χ0v) is 16.7. The molecule has 3 rings (SSSR count). The molecule has 0 spiro atoms. The summed E-state index contributed by atoms with van der Waals surface area (Å²) < 4.78 is 6.26. The molecule has 0 atom stereocenters. The molecule has 8 nitrogen and oxygen atoms in total. The van der Waals surface area contributed by atoms with Gasteiger partial charge in [-0.3, -0.25) is 9.59 Å². The van der Waals surface area contributed by atoms with E-state index in [1.165, 1.54) is 20.2 Å². The molecular formula is C22H19N5O3. The van der Waals surface area contributed by atoms with Crippen LogP contribution >= 0.6 is 0 Å². The van der Waals surface area contributed by atoms with Gasteiger partial charge in [0, 0.05) is 5.56 Å². The fourth-order valence-corrected chi connectivity index (χ4v) is 2.79. The summed E-state index contributed by atoms with van der Waals surface area (Å²) in [6.45, 7) is 3.47. The first-order valence-electron chi connectivity index (χ1n) is 9.03. The number of aromatic nitrogens is 2. The highest BCUT2D eigenvalue weighted by Gasteiger charge is 2.21. The maximum absolute atomic E-state index is 12.8. The normalized spacial score (nSPS) is 10.6. The van der Waals surface area contributed by atoms with Crippen molar-refractivity contribution in [1.82, 2.24) is 15.2 Å². The number of nitrogens with one attached hydrogen (secondary N) is 1. The maximum Gasteiger partial charge on any atom is 0.292 e. The molecule has 0 aliphatic rings. The fourth-order valence-electron chi connectivity index (χ4n) is 2.79. The van der Waals surface area contributed by atoms with Crippen molar-refractivity contribution < 1.29 is 9.53 Å². The smallest absolute Gasteiger partial charge is 0.292 e. The Hall–Kier alpha value is -4.25. The molecule has 1 N–H and O–H groups in total. The number of hydrogen-bond acceptors (Lipinski definition) is 6. The fraction of sp³-hybridized carbons (Fsp3) is 0.136. The highest BCUT2D eigenvalue weighted by molar-refractivity contribution is 5.94. The van der Waals surface area contributed by atoms with Crippen LogP contribution in [-0.4, -0.2) is 29.0 Å². The van der Waals surface area contributed by atoms with Crippen LogP contribution in [0.15, 0.2) is 58.4 Å². The molecule has 3 aromatic rings. The summed E-state index contributed by atoms with van der Waals surface area (Å²) in [4.78, 5) is 25.4. The summed E-state index contributed by atoms with van der Waals surface area (Å²) in [5, 5.41) is 17.6. The van der Waals surface area contributed by atoms with E-state index in [4.69, 9.17) is 4.74 Å². The molecule has 1 amide bonds. The number of nitriles is 1. The van der Waals surface area contributed by atoms with Crippen LogP contribution in [0.25, 0.3) is 5.69 Å². The standard InChI is InChI=1S/C22H19N5O3/c1-14-8-10-16(11-9-14)13-24-25-21(28)20-15(2)17(12-23)22(29)27(26-20)18-6-4-5-7-19(18)30-3/h4-11,13H,1-3H3,(H,25,28)/b24-13+. The van der Waals surface area contributed by atoms with E-state index < -0.39 is 11.5 Å². The third kappa shape index (κ3) is 4.10. The first-order chi connectivity index (χ1) is 14.5. The molecule has 2 aromatic carbocycles. The Bertz CT molecular complexity index is 1220. The minimum Gasteiger partial charge on any atom is -0.494 e. The van der Waals surface area contributed by atoms with Crippen molar-refractivity contribution in [3.05, 3.63) is 86.8 Å². The lowest BCUT2D eigenvalue weighted by Gasteiger charge is -2.13. The number of carbonyl (C=O) groups is 1. The van der Waals surface area contributed by atoms with E-state index >= 15 is 0 Å². The molecule has 0 bridgehead atoms. The van der Waals surface area contributed by atoms with Gasteiger partial charge < -0.3 is 4.74 Å². The summed E-state index contributed by atoms with van der Waals surface area (Å²) >= 11 is 0. The summed E-state index contributed by atoms with van der Waals surface area (Å²) in [5.41, 5.74) is 3.90. The van der Waals surface area contributed by atoms with Gasteiger partial charge in [-0.1, -0.05) is 42.0 Å². The van der Waals surface area contributed by atoms with E-state index in [-0.39, 0.29) is 16.8 Å². The van der Waals surface area contributed by atoms with Gasteiger partial charge in [0.2, 0.25) is 0 Å². The Morgan fingerprint density at radius 1 is 1.20 bits per heavy atom. The lowest BCUT2D eigenvalue weighted by atomic mass is 10.1. The average molecular weight is 401 g/mol. The van der Waals surface area contributed by atoms with Gasteiger partial charge in [0.05, 0.1) is 13.3 Å². The lowest BCUT2D eigenvalue weighted by molar-refractivity contribution is 0.0947. The van der Waals surface area contributed by atoms with E-state index in [1.807, 2.05) is 37.3 Å². The van der Waals surface area contributed by atoms with Gasteiger partial charge in [0.15, 0.2) is 5.69 Å². The van der Waals surface area contributed by atoms with E-state index in [9.17, 15) is 14.9 Å². The topological polar surface area (TPSA) is 109 Å². The van der Waals surface area contributed by atoms with Crippen molar-refractivity contribution in [3.8, 4) is 17.5 Å². The van der Waals surface area contributed by atoms with Gasteiger partial charge in [-0.25, -0.2) is 5.43 Å². The molecule has 0 saturated carbocycles. The number of benzene rings is 2. The van der Waals surface area contributed by atoms with Gasteiger partial charge in [0.25, 0.3) is 11.5 Å². The van der Waals surface area contributed by atoms with Crippen LogP contribution in [0.2, 0.25) is 0 Å². The van der Waals surface area contributed by atoms with Gasteiger partial charge >= 0.3 is 0 Å². The number of para-hydroxylation sites is 2. The van der Waals surface area contributed by atoms with Crippen molar-refractivity contribution in [1.29, 1.82) is 5.26 Å². The monoisotopic (exact) mass is 401 g/mol. The number of amides is 1. The van der Waals surface area contributed by atoms with Crippen molar-refractivity contribution in [3.63, 3.8) is 0 Å². The molecule has 0 fully saturated rings. The van der Waals surface area contributed by atoms with Crippen LogP contribution in [0.4, 0.5) is 0 Å². The molecule has 30 heavy (non-hydrogen) atoms. The third-order valence-electron chi connectivity index (χ3n) is 4.43.